The summed E-state index contributed by atoms with van der Waals surface area (Å²) in [5, 5.41) is 0. The van der Waals surface area contributed by atoms with Crippen molar-refractivity contribution in [2.24, 2.45) is 0 Å². The molecule has 0 aliphatic carbocycles. The molecule has 0 N–H and O–H groups in total. The van der Waals surface area contributed by atoms with Crippen LogP contribution in [0.4, 0.5) is 0 Å². The van der Waals surface area contributed by atoms with Gasteiger partial charge in [0, 0.05) is 8.15 Å². The summed E-state index contributed by atoms with van der Waals surface area (Å²) in [6.45, 7) is 2.63. The van der Waals surface area contributed by atoms with E-state index in [-0.39, 0.29) is 8.15 Å². The molecule has 0 unspecified atom stereocenters. The van der Waals surface area contributed by atoms with Crippen LogP contribution in [0, 0.1) is 0 Å². The van der Waals surface area contributed by atoms with Crippen LogP contribution in [0.2, 0.25) is 0 Å². The second kappa shape index (κ2) is 6.32. The van der Waals surface area contributed by atoms with E-state index >= 15 is 0 Å². The van der Waals surface area contributed by atoms with Gasteiger partial charge in [0.05, 0.1) is 26.4 Å². The van der Waals surface area contributed by atoms with E-state index in [9.17, 15) is 0 Å². The Morgan fingerprint density at radius 3 is 2.29 bits per heavy atom. The van der Waals surface area contributed by atoms with E-state index < -0.39 is 8.60 Å². The quantitative estimate of drug-likeness (QED) is 0.544. The third-order valence-electron chi connectivity index (χ3n) is 2.10. The van der Waals surface area contributed by atoms with Crippen molar-refractivity contribution in [2.45, 2.75) is 12.8 Å². The van der Waals surface area contributed by atoms with Crippen molar-refractivity contribution in [3.63, 3.8) is 0 Å². The second-order valence-corrected chi connectivity index (χ2v) is 6.53. The molecule has 2 heterocycles. The predicted molar refractivity (Wildman–Crippen MR) is 56.6 cm³/mol. The van der Waals surface area contributed by atoms with Crippen LogP contribution in [0.3, 0.4) is 0 Å². The highest BCUT2D eigenvalue weighted by molar-refractivity contribution is 7.52. The molecule has 2 fully saturated rings. The zero-order valence-electron chi connectivity index (χ0n) is 8.18. The van der Waals surface area contributed by atoms with Gasteiger partial charge in [0.2, 0.25) is 0 Å². The SMILES string of the molecule is C1CCP(OCCOP2OCCO2)C1. The van der Waals surface area contributed by atoms with Gasteiger partial charge in [-0.25, -0.2) is 0 Å². The van der Waals surface area contributed by atoms with Gasteiger partial charge in [-0.15, -0.1) is 0 Å². The number of hydrogen-bond acceptors (Lipinski definition) is 4. The minimum Gasteiger partial charge on any atom is -0.357 e. The Bertz CT molecular complexity index is 139. The summed E-state index contributed by atoms with van der Waals surface area (Å²) in [6, 6.07) is 0. The molecule has 0 radical (unpaired) electrons. The Labute approximate surface area is 87.1 Å². The molecule has 0 bridgehead atoms. The summed E-state index contributed by atoms with van der Waals surface area (Å²) < 4.78 is 21.5. The molecule has 82 valence electrons. The largest absolute Gasteiger partial charge is 0.357 e. The summed E-state index contributed by atoms with van der Waals surface area (Å²) in [6.07, 6.45) is 5.23. The summed E-state index contributed by atoms with van der Waals surface area (Å²) in [7, 11) is -1.17. The Morgan fingerprint density at radius 1 is 0.929 bits per heavy atom. The lowest BCUT2D eigenvalue weighted by Gasteiger charge is -2.12. The van der Waals surface area contributed by atoms with E-state index in [1.165, 1.54) is 25.2 Å². The smallest absolute Gasteiger partial charge is 0.332 e. The highest BCUT2D eigenvalue weighted by Crippen LogP contribution is 2.45. The molecule has 2 rings (SSSR count). The first-order valence-electron chi connectivity index (χ1n) is 5.02. The molecule has 14 heavy (non-hydrogen) atoms. The topological polar surface area (TPSA) is 36.9 Å². The first-order valence-corrected chi connectivity index (χ1v) is 7.74. The van der Waals surface area contributed by atoms with Crippen molar-refractivity contribution in [1.82, 2.24) is 0 Å². The maximum absolute atomic E-state index is 5.70. The summed E-state index contributed by atoms with van der Waals surface area (Å²) in [5.41, 5.74) is 0. The van der Waals surface area contributed by atoms with Gasteiger partial charge in [-0.2, -0.15) is 0 Å². The van der Waals surface area contributed by atoms with Crippen LogP contribution in [0.1, 0.15) is 12.8 Å². The molecule has 2 saturated heterocycles. The minimum absolute atomic E-state index is 0.123. The summed E-state index contributed by atoms with van der Waals surface area (Å²) in [4.78, 5) is 0. The lowest BCUT2D eigenvalue weighted by Crippen LogP contribution is -1.99. The average molecular weight is 238 g/mol. The fourth-order valence-electron chi connectivity index (χ4n) is 1.43. The van der Waals surface area contributed by atoms with Crippen molar-refractivity contribution in [3.8, 4) is 0 Å². The Balaban J connectivity index is 1.46. The van der Waals surface area contributed by atoms with Gasteiger partial charge in [0.25, 0.3) is 0 Å². The molecule has 4 nitrogen and oxygen atoms in total. The second-order valence-electron chi connectivity index (χ2n) is 3.19. The maximum Gasteiger partial charge on any atom is 0.332 e. The standard InChI is InChI=1S/C8H16O4P2/c1-2-8-13(7-1)9-3-4-10-14-11-5-6-12-14/h1-8H2. The third kappa shape index (κ3) is 3.69. The lowest BCUT2D eigenvalue weighted by atomic mass is 10.4. The van der Waals surface area contributed by atoms with Crippen LogP contribution in [0.15, 0.2) is 0 Å². The van der Waals surface area contributed by atoms with Crippen LogP contribution in [-0.2, 0) is 18.1 Å². The fraction of sp³-hybridized carbons (Fsp3) is 1.00. The van der Waals surface area contributed by atoms with Crippen molar-refractivity contribution in [1.29, 1.82) is 0 Å². The Morgan fingerprint density at radius 2 is 1.57 bits per heavy atom. The zero-order chi connectivity index (χ0) is 9.64. The third-order valence-corrected chi connectivity index (χ3v) is 5.45. The van der Waals surface area contributed by atoms with Crippen molar-refractivity contribution in [2.75, 3.05) is 38.8 Å². The summed E-state index contributed by atoms with van der Waals surface area (Å²) in [5.74, 6) is 0. The first-order chi connectivity index (χ1) is 6.95. The molecule has 0 aromatic heterocycles. The van der Waals surface area contributed by atoms with Gasteiger partial charge in [0.1, 0.15) is 0 Å². The molecule has 0 saturated carbocycles. The van der Waals surface area contributed by atoms with E-state index in [1.54, 1.807) is 0 Å². The van der Waals surface area contributed by atoms with Gasteiger partial charge in [-0.1, -0.05) is 0 Å². The average Bonchev–Trinajstić information content (AvgIpc) is 2.86. The van der Waals surface area contributed by atoms with Crippen LogP contribution >= 0.6 is 16.8 Å². The van der Waals surface area contributed by atoms with Gasteiger partial charge in [0.15, 0.2) is 0 Å². The van der Waals surface area contributed by atoms with Crippen molar-refractivity contribution >= 4 is 16.8 Å². The first kappa shape index (κ1) is 11.2. The Hall–Kier alpha value is 0.700. The number of rotatable bonds is 5. The predicted octanol–water partition coefficient (Wildman–Crippen LogP) is 2.48. The van der Waals surface area contributed by atoms with Crippen molar-refractivity contribution in [3.05, 3.63) is 0 Å². The van der Waals surface area contributed by atoms with Crippen LogP contribution in [0.5, 0.6) is 0 Å². The fourth-order valence-corrected chi connectivity index (χ4v) is 4.29. The van der Waals surface area contributed by atoms with E-state index in [0.717, 1.165) is 0 Å². The molecular formula is C8H16O4P2. The van der Waals surface area contributed by atoms with Crippen LogP contribution < -0.4 is 0 Å². The zero-order valence-corrected chi connectivity index (χ0v) is 9.97. The molecular weight excluding hydrogens is 222 g/mol. The van der Waals surface area contributed by atoms with Crippen LogP contribution in [0.25, 0.3) is 0 Å². The lowest BCUT2D eigenvalue weighted by molar-refractivity contribution is 0.200. The maximum atomic E-state index is 5.70. The monoisotopic (exact) mass is 238 g/mol. The highest BCUT2D eigenvalue weighted by Gasteiger charge is 2.19. The highest BCUT2D eigenvalue weighted by atomic mass is 31.2. The molecule has 0 atom stereocenters. The van der Waals surface area contributed by atoms with E-state index in [2.05, 4.69) is 0 Å². The molecule has 6 heteroatoms. The van der Waals surface area contributed by atoms with E-state index in [0.29, 0.717) is 26.4 Å². The Kier molecular flexibility index (Phi) is 5.05. The number of hydrogen-bond donors (Lipinski definition) is 0. The normalized spacial score (nSPS) is 24.9. The molecule has 0 aromatic carbocycles. The van der Waals surface area contributed by atoms with Gasteiger partial charge in [-0.3, -0.25) is 0 Å². The minimum atomic E-state index is -1.04. The molecule has 2 aliphatic rings. The molecule has 0 spiro atoms. The van der Waals surface area contributed by atoms with Gasteiger partial charge < -0.3 is 18.1 Å². The van der Waals surface area contributed by atoms with Crippen LogP contribution in [-0.4, -0.2) is 38.8 Å². The van der Waals surface area contributed by atoms with Crippen molar-refractivity contribution < 1.29 is 18.1 Å². The molecule has 2 aliphatic heterocycles. The van der Waals surface area contributed by atoms with Gasteiger partial charge >= 0.3 is 8.60 Å². The van der Waals surface area contributed by atoms with Gasteiger partial charge in [-0.05, 0) is 25.2 Å². The molecule has 0 aromatic rings. The summed E-state index contributed by atoms with van der Waals surface area (Å²) >= 11 is 0. The molecule has 0 amide bonds. The van der Waals surface area contributed by atoms with E-state index in [4.69, 9.17) is 18.1 Å². The van der Waals surface area contributed by atoms with E-state index in [1.807, 2.05) is 0 Å².